The summed E-state index contributed by atoms with van der Waals surface area (Å²) in [5, 5.41) is 11.3. The number of nitriles is 1. The Morgan fingerprint density at radius 1 is 1.08 bits per heavy atom. The van der Waals surface area contributed by atoms with E-state index in [2.05, 4.69) is 5.32 Å². The Morgan fingerprint density at radius 3 is 2.26 bits per heavy atom. The summed E-state index contributed by atoms with van der Waals surface area (Å²) in [5.41, 5.74) is -3.30. The molecule has 5 rings (SSSR count). The smallest absolute Gasteiger partial charge is 0.317 e. The summed E-state index contributed by atoms with van der Waals surface area (Å²) in [6.45, 7) is 1.44. The number of benzene rings is 2. The zero-order valence-corrected chi connectivity index (χ0v) is 20.4. The van der Waals surface area contributed by atoms with Gasteiger partial charge in [0.2, 0.25) is 0 Å². The topological polar surface area (TPSA) is 96.8 Å². The van der Waals surface area contributed by atoms with Crippen LogP contribution < -0.4 is 10.2 Å². The van der Waals surface area contributed by atoms with Crippen LogP contribution in [0.4, 0.5) is 47.3 Å². The third kappa shape index (κ3) is 4.21. The monoisotopic (exact) mass is 571 g/mol. The Labute approximate surface area is 221 Å². The molecule has 1 N–H and O–H groups in total. The number of hydrogen-bond acceptors (Lipinski definition) is 4. The molecule has 8 nitrogen and oxygen atoms in total. The number of carbonyl (C=O) groups is 3. The summed E-state index contributed by atoms with van der Waals surface area (Å²) < 4.78 is 79.2. The van der Waals surface area contributed by atoms with Gasteiger partial charge in [-0.15, -0.1) is 0 Å². The maximum absolute atomic E-state index is 13.4. The Kier molecular flexibility index (Phi) is 5.98. The SMILES string of the molecule is Cc1c(N2C(=O)[C@@H]3C4C[C@H](CN4C(=O)Nc4cc(C(F)(F)F)cc(C(F)(F)F)c4)N3C2=O)ccc(C#N)c1Cl. The van der Waals surface area contributed by atoms with Gasteiger partial charge in [-0.25, -0.2) is 14.5 Å². The fourth-order valence-electron chi connectivity index (χ4n) is 5.34. The minimum atomic E-state index is -5.10. The average Bonchev–Trinajstić information content (AvgIpc) is 3.51. The molecule has 3 fully saturated rings. The summed E-state index contributed by atoms with van der Waals surface area (Å²) in [4.78, 5) is 43.0. The van der Waals surface area contributed by atoms with Gasteiger partial charge in [-0.2, -0.15) is 31.6 Å². The largest absolute Gasteiger partial charge is 0.416 e. The Bertz CT molecular complexity index is 1440. The lowest BCUT2D eigenvalue weighted by Crippen LogP contribution is -2.55. The normalized spacial score (nSPS) is 22.4. The fraction of sp³-hybridized carbons (Fsp3) is 0.333. The number of likely N-dealkylation sites (tertiary alicyclic amines) is 1. The van der Waals surface area contributed by atoms with Crippen molar-refractivity contribution < 1.29 is 40.7 Å². The summed E-state index contributed by atoms with van der Waals surface area (Å²) in [6.07, 6.45) is -9.99. The number of nitrogens with one attached hydrogen (secondary N) is 1. The molecule has 3 aliphatic heterocycles. The van der Waals surface area contributed by atoms with Crippen molar-refractivity contribution in [1.29, 1.82) is 5.26 Å². The summed E-state index contributed by atoms with van der Waals surface area (Å²) in [6, 6.07) is 1.12. The van der Waals surface area contributed by atoms with E-state index >= 15 is 0 Å². The molecule has 204 valence electrons. The van der Waals surface area contributed by atoms with Crippen molar-refractivity contribution in [3.63, 3.8) is 0 Å². The van der Waals surface area contributed by atoms with Crippen LogP contribution in [-0.4, -0.2) is 52.4 Å². The van der Waals surface area contributed by atoms with Crippen LogP contribution in [-0.2, 0) is 17.1 Å². The minimum Gasteiger partial charge on any atom is -0.317 e. The Hall–Kier alpha value is -3.99. The molecule has 0 spiro atoms. The van der Waals surface area contributed by atoms with Crippen LogP contribution in [0, 0.1) is 18.3 Å². The quantitative estimate of drug-likeness (QED) is 0.386. The molecule has 3 saturated heterocycles. The molecule has 3 heterocycles. The highest BCUT2D eigenvalue weighted by molar-refractivity contribution is 6.33. The van der Waals surface area contributed by atoms with Gasteiger partial charge in [0.05, 0.1) is 39.5 Å². The average molecular weight is 572 g/mol. The van der Waals surface area contributed by atoms with E-state index in [-0.39, 0.29) is 35.3 Å². The molecule has 5 amide bonds. The number of hydrogen-bond donors (Lipinski definition) is 1. The molecule has 2 aromatic carbocycles. The molecule has 15 heteroatoms. The first-order chi connectivity index (χ1) is 18.1. The van der Waals surface area contributed by atoms with Gasteiger partial charge in [0, 0.05) is 12.2 Å². The number of urea groups is 2. The summed E-state index contributed by atoms with van der Waals surface area (Å²) >= 11 is 6.20. The van der Waals surface area contributed by atoms with Crippen molar-refractivity contribution in [2.75, 3.05) is 16.8 Å². The van der Waals surface area contributed by atoms with E-state index in [1.807, 2.05) is 6.07 Å². The van der Waals surface area contributed by atoms with Gasteiger partial charge < -0.3 is 15.1 Å². The predicted molar refractivity (Wildman–Crippen MR) is 124 cm³/mol. The number of alkyl halides is 6. The van der Waals surface area contributed by atoms with Gasteiger partial charge in [-0.1, -0.05) is 11.6 Å². The fourth-order valence-corrected chi connectivity index (χ4v) is 5.54. The van der Waals surface area contributed by atoms with Crippen LogP contribution >= 0.6 is 11.6 Å². The zero-order chi connectivity index (χ0) is 28.6. The Morgan fingerprint density at radius 2 is 1.69 bits per heavy atom. The van der Waals surface area contributed by atoms with Crippen molar-refractivity contribution in [3.8, 4) is 6.07 Å². The molecule has 0 aromatic heterocycles. The highest BCUT2D eigenvalue weighted by Gasteiger charge is 2.63. The van der Waals surface area contributed by atoms with Crippen molar-refractivity contribution in [3.05, 3.63) is 57.6 Å². The van der Waals surface area contributed by atoms with Gasteiger partial charge in [0.25, 0.3) is 5.91 Å². The first-order valence-corrected chi connectivity index (χ1v) is 11.7. The number of nitrogens with zero attached hydrogens (tertiary/aromatic N) is 4. The maximum atomic E-state index is 13.4. The summed E-state index contributed by atoms with van der Waals surface area (Å²) in [7, 11) is 0. The van der Waals surface area contributed by atoms with Crippen LogP contribution in [0.15, 0.2) is 30.3 Å². The number of piperazine rings is 1. The highest BCUT2D eigenvalue weighted by atomic mass is 35.5. The minimum absolute atomic E-state index is 0.0554. The molecule has 0 radical (unpaired) electrons. The number of imide groups is 1. The molecule has 1 unspecified atom stereocenters. The molecule has 2 aromatic rings. The molecular formula is C24H16ClF6N5O3. The van der Waals surface area contributed by atoms with Gasteiger partial charge in [0.1, 0.15) is 12.1 Å². The highest BCUT2D eigenvalue weighted by Crippen LogP contribution is 2.44. The third-order valence-electron chi connectivity index (χ3n) is 7.08. The lowest BCUT2D eigenvalue weighted by atomic mass is 10.1. The van der Waals surface area contributed by atoms with E-state index in [9.17, 15) is 40.7 Å². The molecule has 0 saturated carbocycles. The lowest BCUT2D eigenvalue weighted by Gasteiger charge is -2.34. The standard InChI is InChI=1S/C24H16ClF6N5O3/c1-10-16(3-2-11(8-32)18(10)25)36-20(37)19-17-7-15(35(19)22(36)39)9-34(17)21(38)33-14-5-12(23(26,27)28)4-13(6-14)24(29,30)31/h2-6,15,17,19H,7,9H2,1H3,(H,33,38)/t15-,17?,19+/m1/s1. The van der Waals surface area contributed by atoms with E-state index in [1.165, 1.54) is 24.0 Å². The van der Waals surface area contributed by atoms with E-state index in [1.54, 1.807) is 0 Å². The van der Waals surface area contributed by atoms with Crippen LogP contribution in [0.2, 0.25) is 5.02 Å². The first kappa shape index (κ1) is 26.6. The van der Waals surface area contributed by atoms with E-state index < -0.39 is 65.3 Å². The Balaban J connectivity index is 1.41. The molecule has 0 aliphatic carbocycles. The maximum Gasteiger partial charge on any atom is 0.416 e. The first-order valence-electron chi connectivity index (χ1n) is 11.4. The van der Waals surface area contributed by atoms with Crippen molar-refractivity contribution in [1.82, 2.24) is 9.80 Å². The lowest BCUT2D eigenvalue weighted by molar-refractivity contribution is -0.143. The van der Waals surface area contributed by atoms with Gasteiger partial charge >= 0.3 is 24.4 Å². The second-order valence-corrected chi connectivity index (χ2v) is 9.70. The number of fused-ring (bicyclic) bond motifs is 5. The zero-order valence-electron chi connectivity index (χ0n) is 19.7. The van der Waals surface area contributed by atoms with Crippen LogP contribution in [0.3, 0.4) is 0 Å². The number of halogens is 7. The molecule has 2 bridgehead atoms. The molecule has 39 heavy (non-hydrogen) atoms. The van der Waals surface area contributed by atoms with Crippen molar-refractivity contribution in [2.45, 2.75) is 43.8 Å². The number of rotatable bonds is 2. The van der Waals surface area contributed by atoms with Gasteiger partial charge in [0.15, 0.2) is 0 Å². The summed E-state index contributed by atoms with van der Waals surface area (Å²) in [5.74, 6) is -0.674. The second kappa shape index (κ2) is 8.77. The number of amides is 5. The molecule has 3 atom stereocenters. The molecule has 3 aliphatic rings. The van der Waals surface area contributed by atoms with E-state index in [0.717, 1.165) is 9.80 Å². The molecular weight excluding hydrogens is 556 g/mol. The van der Waals surface area contributed by atoms with E-state index in [4.69, 9.17) is 16.9 Å². The second-order valence-electron chi connectivity index (χ2n) is 9.33. The number of carbonyl (C=O) groups excluding carboxylic acids is 3. The van der Waals surface area contributed by atoms with E-state index in [0.29, 0.717) is 17.7 Å². The van der Waals surface area contributed by atoms with Gasteiger partial charge in [-0.3, -0.25) is 4.79 Å². The number of anilines is 2. The predicted octanol–water partition coefficient (Wildman–Crippen LogP) is 5.38. The van der Waals surface area contributed by atoms with Crippen LogP contribution in [0.25, 0.3) is 0 Å². The third-order valence-corrected chi connectivity index (χ3v) is 7.57. The van der Waals surface area contributed by atoms with Crippen molar-refractivity contribution in [2.24, 2.45) is 0 Å². The van der Waals surface area contributed by atoms with Crippen LogP contribution in [0.1, 0.15) is 28.7 Å². The van der Waals surface area contributed by atoms with Crippen LogP contribution in [0.5, 0.6) is 0 Å². The van der Waals surface area contributed by atoms with Gasteiger partial charge in [-0.05, 0) is 49.2 Å². The van der Waals surface area contributed by atoms with Crippen molar-refractivity contribution >= 4 is 40.9 Å².